The molecule has 5 heteroatoms. The normalized spacial score (nSPS) is 32.5. The van der Waals surface area contributed by atoms with Gasteiger partial charge in [-0.2, -0.15) is 0 Å². The molecule has 3 rings (SSSR count). The van der Waals surface area contributed by atoms with Crippen molar-refractivity contribution < 1.29 is 14.3 Å². The SMILES string of the molecule is CC1(OC(=O)NCC(=O)N2C[C@@H]3[C@H](C2)C3(C)C)CC1. The van der Waals surface area contributed by atoms with Crippen LogP contribution in [0.4, 0.5) is 4.79 Å². The molecule has 2 atom stereocenters. The van der Waals surface area contributed by atoms with Crippen molar-refractivity contribution >= 4 is 12.0 Å². The highest BCUT2D eigenvalue weighted by Gasteiger charge is 2.62. The van der Waals surface area contributed by atoms with Crippen LogP contribution in [0.15, 0.2) is 0 Å². The van der Waals surface area contributed by atoms with E-state index in [0.29, 0.717) is 17.3 Å². The molecule has 2 amide bonds. The van der Waals surface area contributed by atoms with Crippen LogP contribution in [-0.2, 0) is 9.53 Å². The minimum Gasteiger partial charge on any atom is -0.443 e. The van der Waals surface area contributed by atoms with Crippen LogP contribution in [-0.4, -0.2) is 42.1 Å². The van der Waals surface area contributed by atoms with E-state index in [1.54, 1.807) is 0 Å². The quantitative estimate of drug-likeness (QED) is 0.839. The number of amides is 2. The number of alkyl carbamates (subject to hydrolysis) is 1. The lowest BCUT2D eigenvalue weighted by Crippen LogP contribution is -2.41. The number of piperidine rings is 1. The maximum atomic E-state index is 12.0. The summed E-state index contributed by atoms with van der Waals surface area (Å²) in [5.74, 6) is 1.29. The molecule has 2 saturated carbocycles. The number of nitrogens with one attached hydrogen (secondary N) is 1. The molecule has 0 aromatic carbocycles. The molecule has 1 heterocycles. The lowest BCUT2D eigenvalue weighted by Gasteiger charge is -2.22. The van der Waals surface area contributed by atoms with Crippen LogP contribution in [0.3, 0.4) is 0 Å². The molecule has 3 aliphatic rings. The van der Waals surface area contributed by atoms with E-state index < -0.39 is 6.09 Å². The number of ether oxygens (including phenoxy) is 1. The minimum atomic E-state index is -0.474. The third kappa shape index (κ3) is 2.30. The van der Waals surface area contributed by atoms with Crippen LogP contribution >= 0.6 is 0 Å². The van der Waals surface area contributed by atoms with Crippen LogP contribution in [0.25, 0.3) is 0 Å². The van der Waals surface area contributed by atoms with E-state index in [1.165, 1.54) is 0 Å². The zero-order chi connectivity index (χ0) is 13.8. The lowest BCUT2D eigenvalue weighted by atomic mass is 10.1. The Labute approximate surface area is 113 Å². The maximum Gasteiger partial charge on any atom is 0.408 e. The van der Waals surface area contributed by atoms with Gasteiger partial charge in [0, 0.05) is 13.1 Å². The van der Waals surface area contributed by atoms with Crippen molar-refractivity contribution in [1.29, 1.82) is 0 Å². The molecule has 1 saturated heterocycles. The smallest absolute Gasteiger partial charge is 0.408 e. The number of rotatable bonds is 3. The summed E-state index contributed by atoms with van der Waals surface area (Å²) in [6, 6.07) is 0. The number of hydrogen-bond acceptors (Lipinski definition) is 3. The first-order valence-electron chi connectivity index (χ1n) is 7.06. The minimum absolute atomic E-state index is 0.000833. The van der Waals surface area contributed by atoms with Crippen molar-refractivity contribution in [1.82, 2.24) is 10.2 Å². The standard InChI is InChI=1S/C14H22N2O3/c1-13(2)9-7-16(8-10(9)13)11(17)6-15-12(18)19-14(3)4-5-14/h9-10H,4-8H2,1-3H3,(H,15,18)/t9-,10+. The molecule has 19 heavy (non-hydrogen) atoms. The van der Waals surface area contributed by atoms with Crippen molar-refractivity contribution in [3.8, 4) is 0 Å². The summed E-state index contributed by atoms with van der Waals surface area (Å²) in [7, 11) is 0. The third-order valence-corrected chi connectivity index (χ3v) is 5.15. The molecule has 1 aliphatic heterocycles. The van der Waals surface area contributed by atoms with Gasteiger partial charge in [-0.25, -0.2) is 4.79 Å². The first-order valence-corrected chi connectivity index (χ1v) is 7.06. The van der Waals surface area contributed by atoms with E-state index in [0.717, 1.165) is 25.9 Å². The molecule has 0 aromatic rings. The summed E-state index contributed by atoms with van der Waals surface area (Å²) in [6.07, 6.45) is 1.36. The van der Waals surface area contributed by atoms with Crippen molar-refractivity contribution in [2.45, 2.75) is 39.2 Å². The summed E-state index contributed by atoms with van der Waals surface area (Å²) in [5.41, 5.74) is 0.121. The van der Waals surface area contributed by atoms with Gasteiger partial charge in [0.2, 0.25) is 5.91 Å². The van der Waals surface area contributed by atoms with Crippen molar-refractivity contribution in [2.24, 2.45) is 17.3 Å². The topological polar surface area (TPSA) is 58.6 Å². The average Bonchev–Trinajstić information content (AvgIpc) is 3.07. The highest BCUT2D eigenvalue weighted by molar-refractivity contribution is 5.82. The van der Waals surface area contributed by atoms with E-state index in [4.69, 9.17) is 4.74 Å². The lowest BCUT2D eigenvalue weighted by molar-refractivity contribution is -0.130. The third-order valence-electron chi connectivity index (χ3n) is 5.15. The van der Waals surface area contributed by atoms with Crippen LogP contribution in [0.2, 0.25) is 0 Å². The highest BCUT2D eigenvalue weighted by atomic mass is 16.6. The number of hydrogen-bond donors (Lipinski definition) is 1. The first kappa shape index (κ1) is 12.8. The fraction of sp³-hybridized carbons (Fsp3) is 0.857. The Morgan fingerprint density at radius 3 is 2.32 bits per heavy atom. The van der Waals surface area contributed by atoms with Gasteiger partial charge >= 0.3 is 6.09 Å². The summed E-state index contributed by atoms with van der Waals surface area (Å²) >= 11 is 0. The maximum absolute atomic E-state index is 12.0. The summed E-state index contributed by atoms with van der Waals surface area (Å²) in [4.78, 5) is 25.3. The number of carbonyl (C=O) groups is 2. The Hall–Kier alpha value is -1.26. The fourth-order valence-corrected chi connectivity index (χ4v) is 3.13. The Balaban J connectivity index is 1.39. The van der Waals surface area contributed by atoms with Gasteiger partial charge in [-0.1, -0.05) is 13.8 Å². The number of fused-ring (bicyclic) bond motifs is 1. The number of likely N-dealkylation sites (tertiary alicyclic amines) is 1. The Morgan fingerprint density at radius 2 is 1.79 bits per heavy atom. The largest absolute Gasteiger partial charge is 0.443 e. The van der Waals surface area contributed by atoms with E-state index in [2.05, 4.69) is 19.2 Å². The first-order chi connectivity index (χ1) is 8.82. The zero-order valence-electron chi connectivity index (χ0n) is 11.9. The van der Waals surface area contributed by atoms with E-state index >= 15 is 0 Å². The van der Waals surface area contributed by atoms with Gasteiger partial charge < -0.3 is 15.0 Å². The summed E-state index contributed by atoms with van der Waals surface area (Å²) < 4.78 is 5.20. The molecule has 106 valence electrons. The molecule has 0 bridgehead atoms. The second kappa shape index (κ2) is 3.87. The molecule has 0 unspecified atom stereocenters. The molecular weight excluding hydrogens is 244 g/mol. The van der Waals surface area contributed by atoms with Crippen LogP contribution in [0.5, 0.6) is 0 Å². The van der Waals surface area contributed by atoms with E-state index in [-0.39, 0.29) is 18.1 Å². The summed E-state index contributed by atoms with van der Waals surface area (Å²) in [5, 5.41) is 2.55. The van der Waals surface area contributed by atoms with Gasteiger partial charge in [-0.3, -0.25) is 4.79 Å². The zero-order valence-corrected chi connectivity index (χ0v) is 11.9. The van der Waals surface area contributed by atoms with Gasteiger partial charge in [-0.05, 0) is 37.0 Å². The molecular formula is C14H22N2O3. The fourth-order valence-electron chi connectivity index (χ4n) is 3.13. The second-order valence-corrected chi connectivity index (χ2v) is 7.03. The molecule has 0 aromatic heterocycles. The van der Waals surface area contributed by atoms with Gasteiger partial charge in [0.05, 0.1) is 0 Å². The molecule has 0 spiro atoms. The van der Waals surface area contributed by atoms with Crippen molar-refractivity contribution in [3.63, 3.8) is 0 Å². The van der Waals surface area contributed by atoms with Crippen LogP contribution in [0.1, 0.15) is 33.6 Å². The van der Waals surface area contributed by atoms with Crippen LogP contribution < -0.4 is 5.32 Å². The molecule has 3 fully saturated rings. The average molecular weight is 266 g/mol. The van der Waals surface area contributed by atoms with Gasteiger partial charge in [0.15, 0.2) is 0 Å². The predicted molar refractivity (Wildman–Crippen MR) is 69.5 cm³/mol. The Bertz CT molecular complexity index is 414. The molecule has 2 aliphatic carbocycles. The van der Waals surface area contributed by atoms with E-state index in [9.17, 15) is 9.59 Å². The van der Waals surface area contributed by atoms with E-state index in [1.807, 2.05) is 11.8 Å². The molecule has 5 nitrogen and oxygen atoms in total. The molecule has 1 N–H and O–H groups in total. The van der Waals surface area contributed by atoms with Crippen LogP contribution in [0, 0.1) is 17.3 Å². The van der Waals surface area contributed by atoms with Crippen molar-refractivity contribution in [2.75, 3.05) is 19.6 Å². The van der Waals surface area contributed by atoms with Gasteiger partial charge in [0.1, 0.15) is 12.1 Å². The molecule has 0 radical (unpaired) electrons. The predicted octanol–water partition coefficient (Wildman–Crippen LogP) is 1.38. The second-order valence-electron chi connectivity index (χ2n) is 7.03. The van der Waals surface area contributed by atoms with Crippen molar-refractivity contribution in [3.05, 3.63) is 0 Å². The monoisotopic (exact) mass is 266 g/mol. The van der Waals surface area contributed by atoms with Gasteiger partial charge in [-0.15, -0.1) is 0 Å². The number of nitrogens with zero attached hydrogens (tertiary/aromatic N) is 1. The Kier molecular flexibility index (Phi) is 2.60. The Morgan fingerprint density at radius 1 is 1.21 bits per heavy atom. The summed E-state index contributed by atoms with van der Waals surface area (Å²) in [6.45, 7) is 8.15. The van der Waals surface area contributed by atoms with Gasteiger partial charge in [0.25, 0.3) is 0 Å². The number of carbonyl (C=O) groups excluding carboxylic acids is 2. The highest BCUT2D eigenvalue weighted by Crippen LogP contribution is 2.61.